The highest BCUT2D eigenvalue weighted by molar-refractivity contribution is 14.1. The molecule has 1 aromatic heterocycles. The molecule has 0 unspecified atom stereocenters. The van der Waals surface area contributed by atoms with E-state index in [1.165, 1.54) is 0 Å². The van der Waals surface area contributed by atoms with Gasteiger partial charge < -0.3 is 0 Å². The summed E-state index contributed by atoms with van der Waals surface area (Å²) in [5.41, 5.74) is 0.705. The molecule has 5 heteroatoms. The highest BCUT2D eigenvalue weighted by Crippen LogP contribution is 2.30. The first-order valence-electron chi connectivity index (χ1n) is 3.13. The van der Waals surface area contributed by atoms with Gasteiger partial charge in [0.15, 0.2) is 0 Å². The van der Waals surface area contributed by atoms with Crippen LogP contribution in [0, 0.1) is 10.5 Å². The lowest BCUT2D eigenvalue weighted by Crippen LogP contribution is -1.95. The number of hydrogen-bond donors (Lipinski definition) is 0. The van der Waals surface area contributed by atoms with E-state index in [0.717, 1.165) is 5.69 Å². The van der Waals surface area contributed by atoms with Gasteiger partial charge in [0, 0.05) is 9.26 Å². The average Bonchev–Trinajstić information content (AvgIpc) is 1.82. The van der Waals surface area contributed by atoms with E-state index in [1.54, 1.807) is 13.0 Å². The van der Waals surface area contributed by atoms with Gasteiger partial charge in [-0.15, -0.1) is 0 Å². The Bertz CT molecular complexity index is 280. The Morgan fingerprint density at radius 1 is 1.58 bits per heavy atom. The van der Waals surface area contributed by atoms with E-state index < -0.39 is 6.43 Å². The Balaban J connectivity index is 3.28. The molecule has 66 valence electrons. The molecule has 0 aromatic carbocycles. The minimum atomic E-state index is -2.47. The predicted octanol–water partition coefficient (Wildman–Crippen LogP) is 3.69. The number of rotatable bonds is 1. The van der Waals surface area contributed by atoms with Crippen molar-refractivity contribution in [1.29, 1.82) is 0 Å². The van der Waals surface area contributed by atoms with Crippen LogP contribution in [-0.4, -0.2) is 4.98 Å². The molecule has 0 amide bonds. The first-order valence-corrected chi connectivity index (χ1v) is 5.00. The fourth-order valence-electron chi connectivity index (χ4n) is 0.801. The number of aromatic nitrogens is 1. The van der Waals surface area contributed by atoms with Gasteiger partial charge in [-0.3, -0.25) is 0 Å². The molecule has 12 heavy (non-hydrogen) atoms. The quantitative estimate of drug-likeness (QED) is 0.557. The fraction of sp³-hybridized carbons (Fsp3) is 0.286. The monoisotopic (exact) mass is 347 g/mol. The van der Waals surface area contributed by atoms with E-state index in [4.69, 9.17) is 0 Å². The van der Waals surface area contributed by atoms with Crippen LogP contribution in [0.3, 0.4) is 0 Å². The molecule has 0 fully saturated rings. The SMILES string of the molecule is Cc1cc(I)c(C(F)F)c(Br)n1. The molecule has 1 heterocycles. The van der Waals surface area contributed by atoms with Gasteiger partial charge in [-0.1, -0.05) is 0 Å². The van der Waals surface area contributed by atoms with Crippen molar-refractivity contribution in [1.82, 2.24) is 4.98 Å². The first-order chi connectivity index (χ1) is 5.52. The van der Waals surface area contributed by atoms with Crippen molar-refractivity contribution in [3.8, 4) is 0 Å². The van der Waals surface area contributed by atoms with Crippen LogP contribution in [-0.2, 0) is 0 Å². The molecule has 0 saturated heterocycles. The van der Waals surface area contributed by atoms with Crippen LogP contribution in [0.1, 0.15) is 17.7 Å². The molecule has 1 aromatic rings. The summed E-state index contributed by atoms with van der Waals surface area (Å²) in [6, 6.07) is 1.63. The standard InChI is InChI=1S/C7H5BrF2IN/c1-3-2-4(11)5(7(9)10)6(8)12-3/h2,7H,1H3. The third-order valence-corrected chi connectivity index (χ3v) is 2.80. The summed E-state index contributed by atoms with van der Waals surface area (Å²) < 4.78 is 25.5. The van der Waals surface area contributed by atoms with Gasteiger partial charge in [-0.2, -0.15) is 0 Å². The van der Waals surface area contributed by atoms with E-state index in [0.29, 0.717) is 3.57 Å². The zero-order chi connectivity index (χ0) is 9.30. The number of aryl methyl sites for hydroxylation is 1. The molecule has 0 spiro atoms. The van der Waals surface area contributed by atoms with Crippen molar-refractivity contribution in [3.63, 3.8) is 0 Å². The molecule has 0 radical (unpaired) electrons. The van der Waals surface area contributed by atoms with E-state index in [1.807, 2.05) is 22.6 Å². The lowest BCUT2D eigenvalue weighted by Gasteiger charge is -2.05. The second-order valence-corrected chi connectivity index (χ2v) is 4.16. The highest BCUT2D eigenvalue weighted by atomic mass is 127. The van der Waals surface area contributed by atoms with Gasteiger partial charge >= 0.3 is 0 Å². The van der Waals surface area contributed by atoms with Crippen LogP contribution in [0.4, 0.5) is 8.78 Å². The molecule has 1 nitrogen and oxygen atoms in total. The van der Waals surface area contributed by atoms with Crippen LogP contribution < -0.4 is 0 Å². The van der Waals surface area contributed by atoms with Crippen LogP contribution in [0.15, 0.2) is 10.7 Å². The molecule has 0 N–H and O–H groups in total. The lowest BCUT2D eigenvalue weighted by molar-refractivity contribution is 0.149. The van der Waals surface area contributed by atoms with Crippen LogP contribution >= 0.6 is 38.5 Å². The van der Waals surface area contributed by atoms with Crippen LogP contribution in [0.5, 0.6) is 0 Å². The van der Waals surface area contributed by atoms with Gasteiger partial charge in [0.05, 0.1) is 5.56 Å². The summed E-state index contributed by atoms with van der Waals surface area (Å²) in [6.07, 6.45) is -2.47. The van der Waals surface area contributed by atoms with Crippen LogP contribution in [0.25, 0.3) is 0 Å². The maximum atomic E-state index is 12.3. The summed E-state index contributed by atoms with van der Waals surface area (Å²) in [6.45, 7) is 1.77. The number of halogens is 4. The van der Waals surface area contributed by atoms with Crippen molar-refractivity contribution in [2.45, 2.75) is 13.3 Å². The topological polar surface area (TPSA) is 12.9 Å². The molecule has 0 bridgehead atoms. The van der Waals surface area contributed by atoms with Crippen molar-refractivity contribution in [3.05, 3.63) is 25.5 Å². The van der Waals surface area contributed by atoms with Crippen molar-refractivity contribution < 1.29 is 8.78 Å². The second kappa shape index (κ2) is 3.95. The first kappa shape index (κ1) is 10.3. The number of alkyl halides is 2. The van der Waals surface area contributed by atoms with Crippen molar-refractivity contribution >= 4 is 38.5 Å². The van der Waals surface area contributed by atoms with Crippen molar-refractivity contribution in [2.75, 3.05) is 0 Å². The number of nitrogens with zero attached hydrogens (tertiary/aromatic N) is 1. The molecule has 1 rings (SSSR count). The summed E-state index contributed by atoms with van der Waals surface area (Å²) >= 11 is 4.88. The Morgan fingerprint density at radius 2 is 2.17 bits per heavy atom. The van der Waals surface area contributed by atoms with Crippen molar-refractivity contribution in [2.24, 2.45) is 0 Å². The molecule has 0 aliphatic carbocycles. The molecular weight excluding hydrogens is 343 g/mol. The Morgan fingerprint density at radius 3 is 2.58 bits per heavy atom. The molecule has 0 atom stereocenters. The third kappa shape index (κ3) is 2.12. The summed E-state index contributed by atoms with van der Waals surface area (Å²) in [5.74, 6) is 0. The van der Waals surface area contributed by atoms with E-state index in [-0.39, 0.29) is 10.2 Å². The van der Waals surface area contributed by atoms with Gasteiger partial charge in [0.1, 0.15) is 4.60 Å². The maximum absolute atomic E-state index is 12.3. The molecule has 0 saturated carbocycles. The largest absolute Gasteiger partial charge is 0.267 e. The van der Waals surface area contributed by atoms with Gasteiger partial charge in [-0.25, -0.2) is 13.8 Å². The summed E-state index contributed by atoms with van der Waals surface area (Å²) in [5, 5.41) is 0. The predicted molar refractivity (Wildman–Crippen MR) is 54.3 cm³/mol. The lowest BCUT2D eigenvalue weighted by atomic mass is 10.3. The van der Waals surface area contributed by atoms with E-state index in [2.05, 4.69) is 20.9 Å². The zero-order valence-corrected chi connectivity index (χ0v) is 9.86. The van der Waals surface area contributed by atoms with Gasteiger partial charge in [0.25, 0.3) is 6.43 Å². The second-order valence-electron chi connectivity index (χ2n) is 2.25. The van der Waals surface area contributed by atoms with Gasteiger partial charge in [-0.05, 0) is 51.5 Å². The maximum Gasteiger partial charge on any atom is 0.267 e. The van der Waals surface area contributed by atoms with E-state index in [9.17, 15) is 8.78 Å². The molecule has 0 aliphatic rings. The third-order valence-electron chi connectivity index (χ3n) is 1.31. The Hall–Kier alpha value is 0.220. The summed E-state index contributed by atoms with van der Waals surface area (Å²) in [4.78, 5) is 3.89. The highest BCUT2D eigenvalue weighted by Gasteiger charge is 2.16. The minimum Gasteiger partial charge on any atom is -0.246 e. The molecule has 0 aliphatic heterocycles. The molecular formula is C7H5BrF2IN. The van der Waals surface area contributed by atoms with Crippen LogP contribution in [0.2, 0.25) is 0 Å². The minimum absolute atomic E-state index is 0.0267. The number of pyridine rings is 1. The van der Waals surface area contributed by atoms with Gasteiger partial charge in [0.2, 0.25) is 0 Å². The summed E-state index contributed by atoms with van der Waals surface area (Å²) in [7, 11) is 0. The Kier molecular flexibility index (Phi) is 3.39. The Labute approximate surface area is 90.8 Å². The average molecular weight is 348 g/mol. The van der Waals surface area contributed by atoms with E-state index >= 15 is 0 Å². The number of hydrogen-bond acceptors (Lipinski definition) is 1. The zero-order valence-electron chi connectivity index (χ0n) is 6.11. The fourth-order valence-corrected chi connectivity index (χ4v) is 2.78. The normalized spacial score (nSPS) is 10.8. The smallest absolute Gasteiger partial charge is 0.246 e.